The highest BCUT2D eigenvalue weighted by Crippen LogP contribution is 2.46. The van der Waals surface area contributed by atoms with E-state index in [9.17, 15) is 10.2 Å². The highest BCUT2D eigenvalue weighted by molar-refractivity contribution is 6.30. The number of rotatable bonds is 1. The normalized spacial score (nSPS) is 17.5. The summed E-state index contributed by atoms with van der Waals surface area (Å²) in [5, 5.41) is 20.8. The molecule has 0 amide bonds. The van der Waals surface area contributed by atoms with Crippen LogP contribution >= 0.6 is 11.6 Å². The van der Waals surface area contributed by atoms with Gasteiger partial charge in [-0.1, -0.05) is 17.7 Å². The van der Waals surface area contributed by atoms with E-state index in [1.54, 1.807) is 24.3 Å². The molecular formula is C16H15ClO2. The molecule has 3 rings (SSSR count). The van der Waals surface area contributed by atoms with Crippen LogP contribution in [0.15, 0.2) is 30.3 Å². The zero-order valence-electron chi connectivity index (χ0n) is 10.7. The lowest BCUT2D eigenvalue weighted by molar-refractivity contribution is 0.455. The van der Waals surface area contributed by atoms with Crippen LogP contribution in [0, 0.1) is 6.92 Å². The summed E-state index contributed by atoms with van der Waals surface area (Å²) >= 11 is 6.02. The third kappa shape index (κ3) is 1.96. The SMILES string of the molecule is Cc1ccc(O)c2c1CCC2c1cc(Cl)ccc1O. The molecule has 2 aromatic rings. The lowest BCUT2D eigenvalue weighted by Crippen LogP contribution is -1.98. The van der Waals surface area contributed by atoms with Gasteiger partial charge >= 0.3 is 0 Å². The summed E-state index contributed by atoms with van der Waals surface area (Å²) < 4.78 is 0. The van der Waals surface area contributed by atoms with Gasteiger partial charge in [-0.05, 0) is 55.2 Å². The lowest BCUT2D eigenvalue weighted by atomic mass is 9.91. The van der Waals surface area contributed by atoms with Crippen LogP contribution in [0.25, 0.3) is 0 Å². The number of hydrogen-bond donors (Lipinski definition) is 2. The third-order valence-corrected chi connectivity index (χ3v) is 4.20. The molecule has 0 aliphatic heterocycles. The molecule has 0 spiro atoms. The van der Waals surface area contributed by atoms with Crippen LogP contribution in [0.5, 0.6) is 11.5 Å². The molecule has 2 nitrogen and oxygen atoms in total. The molecule has 3 heteroatoms. The molecule has 1 atom stereocenters. The number of phenols is 2. The van der Waals surface area contributed by atoms with Crippen molar-refractivity contribution in [3.63, 3.8) is 0 Å². The van der Waals surface area contributed by atoms with Crippen molar-refractivity contribution in [1.29, 1.82) is 0 Å². The summed E-state index contributed by atoms with van der Waals surface area (Å²) in [6.07, 6.45) is 1.81. The third-order valence-electron chi connectivity index (χ3n) is 3.96. The first-order valence-corrected chi connectivity index (χ1v) is 6.75. The Hall–Kier alpha value is -1.67. The molecule has 98 valence electrons. The zero-order chi connectivity index (χ0) is 13.6. The van der Waals surface area contributed by atoms with Gasteiger partial charge in [-0.3, -0.25) is 0 Å². The van der Waals surface area contributed by atoms with E-state index < -0.39 is 0 Å². The molecule has 1 unspecified atom stereocenters. The fraction of sp³-hybridized carbons (Fsp3) is 0.250. The van der Waals surface area contributed by atoms with E-state index in [2.05, 4.69) is 6.92 Å². The number of aromatic hydroxyl groups is 2. The molecule has 0 saturated heterocycles. The maximum Gasteiger partial charge on any atom is 0.119 e. The molecule has 0 radical (unpaired) electrons. The summed E-state index contributed by atoms with van der Waals surface area (Å²) in [4.78, 5) is 0. The van der Waals surface area contributed by atoms with E-state index in [0.717, 1.165) is 24.0 Å². The van der Waals surface area contributed by atoms with E-state index in [1.807, 2.05) is 6.07 Å². The van der Waals surface area contributed by atoms with Crippen molar-refractivity contribution in [2.45, 2.75) is 25.7 Å². The Kier molecular flexibility index (Phi) is 2.90. The van der Waals surface area contributed by atoms with Gasteiger partial charge in [0.2, 0.25) is 0 Å². The lowest BCUT2D eigenvalue weighted by Gasteiger charge is -2.16. The second-order valence-corrected chi connectivity index (χ2v) is 5.52. The minimum absolute atomic E-state index is 0.0219. The average molecular weight is 275 g/mol. The summed E-state index contributed by atoms with van der Waals surface area (Å²) in [6.45, 7) is 2.05. The van der Waals surface area contributed by atoms with Gasteiger partial charge in [-0.2, -0.15) is 0 Å². The van der Waals surface area contributed by atoms with Crippen molar-refractivity contribution in [1.82, 2.24) is 0 Å². The standard InChI is InChI=1S/C16H15ClO2/c1-9-2-6-15(19)16-11(9)4-5-12(16)13-8-10(17)3-7-14(13)18/h2-3,6-8,12,18-19H,4-5H2,1H3. The molecule has 0 fully saturated rings. The van der Waals surface area contributed by atoms with E-state index >= 15 is 0 Å². The van der Waals surface area contributed by atoms with Gasteiger partial charge in [0.05, 0.1) is 0 Å². The fourth-order valence-corrected chi connectivity index (χ4v) is 3.21. The minimum Gasteiger partial charge on any atom is -0.508 e. The quantitative estimate of drug-likeness (QED) is 0.821. The number of hydrogen-bond acceptors (Lipinski definition) is 2. The first kappa shape index (κ1) is 12.4. The van der Waals surface area contributed by atoms with Gasteiger partial charge in [0.15, 0.2) is 0 Å². The van der Waals surface area contributed by atoms with Crippen LogP contribution in [0.1, 0.15) is 34.6 Å². The van der Waals surface area contributed by atoms with Crippen molar-refractivity contribution >= 4 is 11.6 Å². The van der Waals surface area contributed by atoms with Crippen LogP contribution in [-0.4, -0.2) is 10.2 Å². The number of aryl methyl sites for hydroxylation is 1. The molecule has 0 saturated carbocycles. The minimum atomic E-state index is 0.0219. The maximum atomic E-state index is 10.1. The van der Waals surface area contributed by atoms with E-state index in [-0.39, 0.29) is 11.7 Å². The van der Waals surface area contributed by atoms with Crippen molar-refractivity contribution in [2.24, 2.45) is 0 Å². The topological polar surface area (TPSA) is 40.5 Å². The Bertz CT molecular complexity index is 649. The number of benzene rings is 2. The van der Waals surface area contributed by atoms with Crippen molar-refractivity contribution < 1.29 is 10.2 Å². The van der Waals surface area contributed by atoms with Crippen LogP contribution in [0.4, 0.5) is 0 Å². The molecule has 1 aliphatic rings. The van der Waals surface area contributed by atoms with Gasteiger partial charge in [0.25, 0.3) is 0 Å². The van der Waals surface area contributed by atoms with E-state index in [4.69, 9.17) is 11.6 Å². The summed E-state index contributed by atoms with van der Waals surface area (Å²) in [5.74, 6) is 0.569. The van der Waals surface area contributed by atoms with Crippen LogP contribution in [0.2, 0.25) is 5.02 Å². The fourth-order valence-electron chi connectivity index (χ4n) is 3.03. The second kappa shape index (κ2) is 4.46. The molecule has 0 aromatic heterocycles. The first-order valence-electron chi connectivity index (χ1n) is 6.37. The van der Waals surface area contributed by atoms with Gasteiger partial charge in [-0.25, -0.2) is 0 Å². The smallest absolute Gasteiger partial charge is 0.119 e. The van der Waals surface area contributed by atoms with Gasteiger partial charge in [0, 0.05) is 22.1 Å². The summed E-state index contributed by atoms with van der Waals surface area (Å²) in [6, 6.07) is 8.75. The highest BCUT2D eigenvalue weighted by Gasteiger charge is 2.29. The Labute approximate surface area is 117 Å². The predicted molar refractivity (Wildman–Crippen MR) is 76.1 cm³/mol. The first-order chi connectivity index (χ1) is 9.08. The van der Waals surface area contributed by atoms with Crippen molar-refractivity contribution in [3.8, 4) is 11.5 Å². The monoisotopic (exact) mass is 274 g/mol. The van der Waals surface area contributed by atoms with Crippen molar-refractivity contribution in [3.05, 3.63) is 57.6 Å². The summed E-state index contributed by atoms with van der Waals surface area (Å²) in [7, 11) is 0. The van der Waals surface area contributed by atoms with Crippen LogP contribution < -0.4 is 0 Å². The largest absolute Gasteiger partial charge is 0.508 e. The predicted octanol–water partition coefficient (Wildman–Crippen LogP) is 4.14. The molecule has 0 heterocycles. The Balaban J connectivity index is 2.17. The Morgan fingerprint density at radius 3 is 2.63 bits per heavy atom. The molecule has 1 aliphatic carbocycles. The molecular weight excluding hydrogens is 260 g/mol. The average Bonchev–Trinajstić information content (AvgIpc) is 2.83. The Morgan fingerprint density at radius 2 is 1.84 bits per heavy atom. The van der Waals surface area contributed by atoms with E-state index in [0.29, 0.717) is 10.8 Å². The van der Waals surface area contributed by atoms with Crippen LogP contribution in [0.3, 0.4) is 0 Å². The molecule has 2 N–H and O–H groups in total. The summed E-state index contributed by atoms with van der Waals surface area (Å²) in [5.41, 5.74) is 4.13. The maximum absolute atomic E-state index is 10.1. The number of fused-ring (bicyclic) bond motifs is 1. The second-order valence-electron chi connectivity index (χ2n) is 5.09. The zero-order valence-corrected chi connectivity index (χ0v) is 11.4. The van der Waals surface area contributed by atoms with Gasteiger partial charge < -0.3 is 10.2 Å². The number of halogens is 1. The van der Waals surface area contributed by atoms with Crippen molar-refractivity contribution in [2.75, 3.05) is 0 Å². The highest BCUT2D eigenvalue weighted by atomic mass is 35.5. The molecule has 19 heavy (non-hydrogen) atoms. The number of phenolic OH excluding ortho intramolecular Hbond substituents is 2. The van der Waals surface area contributed by atoms with E-state index in [1.165, 1.54) is 11.1 Å². The molecule has 0 bridgehead atoms. The van der Waals surface area contributed by atoms with Crippen LogP contribution in [-0.2, 0) is 6.42 Å². The van der Waals surface area contributed by atoms with Gasteiger partial charge in [-0.15, -0.1) is 0 Å². The molecule has 2 aromatic carbocycles. The Morgan fingerprint density at radius 1 is 1.11 bits per heavy atom. The van der Waals surface area contributed by atoms with Gasteiger partial charge in [0.1, 0.15) is 11.5 Å².